The van der Waals surface area contributed by atoms with Crippen LogP contribution >= 0.6 is 23.2 Å². The van der Waals surface area contributed by atoms with Gasteiger partial charge in [-0.2, -0.15) is 0 Å². The Morgan fingerprint density at radius 3 is 2.52 bits per heavy atom. The second kappa shape index (κ2) is 7.30. The molecule has 1 aromatic heterocycles. The molecular formula is C15H13Cl2N3O3. The van der Waals surface area contributed by atoms with Gasteiger partial charge in [0, 0.05) is 16.9 Å². The van der Waals surface area contributed by atoms with Gasteiger partial charge in [-0.05, 0) is 37.3 Å². The Morgan fingerprint density at radius 1 is 1.22 bits per heavy atom. The Hall–Kier alpha value is -2.31. The molecule has 0 aliphatic rings. The van der Waals surface area contributed by atoms with Crippen LogP contribution in [0.4, 0.5) is 11.5 Å². The van der Waals surface area contributed by atoms with E-state index in [0.717, 1.165) is 0 Å². The van der Waals surface area contributed by atoms with Crippen molar-refractivity contribution in [1.82, 2.24) is 4.98 Å². The lowest BCUT2D eigenvalue weighted by atomic mass is 10.2. The zero-order valence-corrected chi connectivity index (χ0v) is 13.6. The van der Waals surface area contributed by atoms with Crippen LogP contribution in [0.1, 0.15) is 17.3 Å². The van der Waals surface area contributed by atoms with E-state index in [4.69, 9.17) is 33.7 Å². The summed E-state index contributed by atoms with van der Waals surface area (Å²) in [5.41, 5.74) is 6.02. The molecule has 2 rings (SSSR count). The van der Waals surface area contributed by atoms with Gasteiger partial charge < -0.3 is 15.8 Å². The Labute approximate surface area is 142 Å². The highest BCUT2D eigenvalue weighted by Gasteiger charge is 2.20. The Balaban J connectivity index is 2.00. The lowest BCUT2D eigenvalue weighted by molar-refractivity contribution is -0.123. The highest BCUT2D eigenvalue weighted by Crippen LogP contribution is 2.19. The Kier molecular flexibility index (Phi) is 5.41. The first kappa shape index (κ1) is 17.1. The third-order valence-electron chi connectivity index (χ3n) is 2.87. The summed E-state index contributed by atoms with van der Waals surface area (Å²) in [6, 6.07) is 7.49. The standard InChI is InChI=1S/C15H13Cl2N3O3/c1-8(14(21)20-13-5-3-10(17)7-19-13)23-15(22)11-4-2-9(16)6-12(11)18/h2-8H,18H2,1H3,(H,19,20,21)/t8-/m0/s1. The first-order chi connectivity index (χ1) is 10.9. The SMILES string of the molecule is C[C@H](OC(=O)c1ccc(Cl)cc1N)C(=O)Nc1ccc(Cl)cn1. The molecule has 6 nitrogen and oxygen atoms in total. The van der Waals surface area contributed by atoms with Crippen molar-refractivity contribution in [2.75, 3.05) is 11.1 Å². The lowest BCUT2D eigenvalue weighted by Gasteiger charge is -2.14. The second-order valence-electron chi connectivity index (χ2n) is 4.63. The Bertz CT molecular complexity index is 735. The third-order valence-corrected chi connectivity index (χ3v) is 3.32. The maximum atomic E-state index is 12.0. The molecule has 0 spiro atoms. The maximum absolute atomic E-state index is 12.0. The molecule has 0 unspecified atom stereocenters. The van der Waals surface area contributed by atoms with Crippen molar-refractivity contribution in [2.45, 2.75) is 13.0 Å². The van der Waals surface area contributed by atoms with Crippen LogP contribution in [0.15, 0.2) is 36.5 Å². The van der Waals surface area contributed by atoms with E-state index in [1.54, 1.807) is 6.07 Å². The first-order valence-corrected chi connectivity index (χ1v) is 7.31. The number of aromatic nitrogens is 1. The number of nitrogen functional groups attached to an aromatic ring is 1. The number of hydrogen-bond acceptors (Lipinski definition) is 5. The van der Waals surface area contributed by atoms with Crippen LogP contribution in [-0.4, -0.2) is 23.0 Å². The number of pyridine rings is 1. The minimum atomic E-state index is -1.03. The summed E-state index contributed by atoms with van der Waals surface area (Å²) in [7, 11) is 0. The fourth-order valence-corrected chi connectivity index (χ4v) is 1.97. The van der Waals surface area contributed by atoms with Crippen molar-refractivity contribution < 1.29 is 14.3 Å². The zero-order valence-electron chi connectivity index (χ0n) is 12.0. The van der Waals surface area contributed by atoms with Crippen molar-refractivity contribution >= 4 is 46.6 Å². The topological polar surface area (TPSA) is 94.3 Å². The summed E-state index contributed by atoms with van der Waals surface area (Å²) in [5, 5.41) is 3.36. The molecule has 0 aliphatic heterocycles. The molecule has 0 fully saturated rings. The van der Waals surface area contributed by atoms with E-state index < -0.39 is 18.0 Å². The second-order valence-corrected chi connectivity index (χ2v) is 5.50. The number of amides is 1. The molecule has 0 saturated heterocycles. The van der Waals surface area contributed by atoms with E-state index in [-0.39, 0.29) is 11.3 Å². The molecule has 23 heavy (non-hydrogen) atoms. The van der Waals surface area contributed by atoms with Gasteiger partial charge in [0.15, 0.2) is 6.10 Å². The van der Waals surface area contributed by atoms with Crippen LogP contribution in [0, 0.1) is 0 Å². The number of nitrogens with one attached hydrogen (secondary N) is 1. The quantitative estimate of drug-likeness (QED) is 0.650. The number of halogens is 2. The van der Waals surface area contributed by atoms with Gasteiger partial charge in [-0.3, -0.25) is 4.79 Å². The Morgan fingerprint density at radius 2 is 1.91 bits per heavy atom. The number of carbonyl (C=O) groups is 2. The number of rotatable bonds is 4. The summed E-state index contributed by atoms with van der Waals surface area (Å²) in [4.78, 5) is 27.9. The summed E-state index contributed by atoms with van der Waals surface area (Å²) in [6.07, 6.45) is 0.359. The highest BCUT2D eigenvalue weighted by molar-refractivity contribution is 6.31. The highest BCUT2D eigenvalue weighted by atomic mass is 35.5. The first-order valence-electron chi connectivity index (χ1n) is 6.55. The maximum Gasteiger partial charge on any atom is 0.341 e. The zero-order chi connectivity index (χ0) is 17.0. The monoisotopic (exact) mass is 353 g/mol. The molecule has 2 aromatic rings. The van der Waals surface area contributed by atoms with Crippen LogP contribution in [0.3, 0.4) is 0 Å². The van der Waals surface area contributed by atoms with Gasteiger partial charge in [-0.25, -0.2) is 9.78 Å². The van der Waals surface area contributed by atoms with E-state index in [1.165, 1.54) is 37.4 Å². The molecular weight excluding hydrogens is 341 g/mol. The van der Waals surface area contributed by atoms with Crippen molar-refractivity contribution in [2.24, 2.45) is 0 Å². The molecule has 8 heteroatoms. The fraction of sp³-hybridized carbons (Fsp3) is 0.133. The van der Waals surface area contributed by atoms with Gasteiger partial charge in [0.25, 0.3) is 5.91 Å². The summed E-state index contributed by atoms with van der Waals surface area (Å²) < 4.78 is 5.09. The van der Waals surface area contributed by atoms with Gasteiger partial charge in [0.1, 0.15) is 5.82 Å². The summed E-state index contributed by atoms with van der Waals surface area (Å²) in [6.45, 7) is 1.44. The number of hydrogen-bond donors (Lipinski definition) is 2. The molecule has 0 aliphatic carbocycles. The van der Waals surface area contributed by atoms with Crippen LogP contribution in [0.5, 0.6) is 0 Å². The fourth-order valence-electron chi connectivity index (χ4n) is 1.67. The minimum absolute atomic E-state index is 0.138. The minimum Gasteiger partial charge on any atom is -0.449 e. The molecule has 3 N–H and O–H groups in total. The lowest BCUT2D eigenvalue weighted by Crippen LogP contribution is -2.30. The van der Waals surface area contributed by atoms with Gasteiger partial charge in [0.05, 0.1) is 10.6 Å². The summed E-state index contributed by atoms with van der Waals surface area (Å²) >= 11 is 11.5. The molecule has 1 amide bonds. The van der Waals surface area contributed by atoms with Gasteiger partial charge in [-0.15, -0.1) is 0 Å². The van der Waals surface area contributed by atoms with Crippen LogP contribution in [0.2, 0.25) is 10.0 Å². The summed E-state index contributed by atoms with van der Waals surface area (Å²) in [5.74, 6) is -0.945. The third kappa shape index (κ3) is 4.58. The normalized spacial score (nSPS) is 11.6. The van der Waals surface area contributed by atoms with Crippen molar-refractivity contribution in [3.05, 3.63) is 52.1 Å². The van der Waals surface area contributed by atoms with Gasteiger partial charge in [0.2, 0.25) is 0 Å². The number of carbonyl (C=O) groups excluding carboxylic acids is 2. The van der Waals surface area contributed by atoms with E-state index >= 15 is 0 Å². The van der Waals surface area contributed by atoms with Crippen LogP contribution < -0.4 is 11.1 Å². The van der Waals surface area contributed by atoms with Crippen molar-refractivity contribution in [3.8, 4) is 0 Å². The van der Waals surface area contributed by atoms with E-state index in [2.05, 4.69) is 10.3 Å². The molecule has 0 bridgehead atoms. The number of benzene rings is 1. The van der Waals surface area contributed by atoms with Crippen molar-refractivity contribution in [1.29, 1.82) is 0 Å². The molecule has 0 radical (unpaired) electrons. The average Bonchev–Trinajstić information content (AvgIpc) is 2.49. The van der Waals surface area contributed by atoms with Crippen LogP contribution in [0.25, 0.3) is 0 Å². The number of nitrogens with two attached hydrogens (primary N) is 1. The number of nitrogens with zero attached hydrogens (tertiary/aromatic N) is 1. The molecule has 1 atom stereocenters. The molecule has 1 heterocycles. The van der Waals surface area contributed by atoms with E-state index in [0.29, 0.717) is 15.9 Å². The van der Waals surface area contributed by atoms with Crippen molar-refractivity contribution in [3.63, 3.8) is 0 Å². The van der Waals surface area contributed by atoms with E-state index in [1.807, 2.05) is 0 Å². The smallest absolute Gasteiger partial charge is 0.341 e. The molecule has 120 valence electrons. The largest absolute Gasteiger partial charge is 0.449 e. The molecule has 1 aromatic carbocycles. The van der Waals surface area contributed by atoms with Crippen LogP contribution in [-0.2, 0) is 9.53 Å². The van der Waals surface area contributed by atoms with Gasteiger partial charge in [-0.1, -0.05) is 23.2 Å². The number of anilines is 2. The average molecular weight is 354 g/mol. The predicted octanol–water partition coefficient (Wildman–Crippen LogP) is 3.15. The van der Waals surface area contributed by atoms with Gasteiger partial charge >= 0.3 is 5.97 Å². The number of esters is 1. The molecule has 0 saturated carbocycles. The predicted molar refractivity (Wildman–Crippen MR) is 88.6 cm³/mol. The van der Waals surface area contributed by atoms with E-state index in [9.17, 15) is 9.59 Å². The number of ether oxygens (including phenoxy) is 1.